The Morgan fingerprint density at radius 3 is 2.65 bits per heavy atom. The third-order valence-electron chi connectivity index (χ3n) is 3.34. The lowest BCUT2D eigenvalue weighted by molar-refractivity contribution is 0.184. The van der Waals surface area contributed by atoms with Crippen LogP contribution in [0.5, 0.6) is 11.5 Å². The van der Waals surface area contributed by atoms with Gasteiger partial charge in [0.1, 0.15) is 11.5 Å². The van der Waals surface area contributed by atoms with E-state index in [2.05, 4.69) is 4.99 Å². The minimum Gasteiger partial charge on any atom is -0.507 e. The first-order valence-electron chi connectivity index (χ1n) is 7.86. The number of aliphatic hydroxyl groups excluding tert-OH is 1. The minimum absolute atomic E-state index is 0.125. The van der Waals surface area contributed by atoms with Crippen LogP contribution in [-0.4, -0.2) is 35.7 Å². The molecule has 0 aromatic heterocycles. The molecule has 0 aliphatic heterocycles. The summed E-state index contributed by atoms with van der Waals surface area (Å²) in [4.78, 5) is 4.21. The van der Waals surface area contributed by atoms with Gasteiger partial charge in [-0.2, -0.15) is 0 Å². The van der Waals surface area contributed by atoms with Gasteiger partial charge in [-0.05, 0) is 24.1 Å². The van der Waals surface area contributed by atoms with Crippen LogP contribution in [0, 0.1) is 0 Å². The maximum atomic E-state index is 9.99. The van der Waals surface area contributed by atoms with Crippen molar-refractivity contribution in [2.75, 3.05) is 13.2 Å². The van der Waals surface area contributed by atoms with Crippen LogP contribution in [0.3, 0.4) is 0 Å². The number of phenolic OH excluding ortho intramolecular Hbond substituents is 1. The lowest BCUT2D eigenvalue weighted by atomic mass is 10.1. The molecule has 0 heterocycles. The van der Waals surface area contributed by atoms with E-state index in [0.717, 1.165) is 12.0 Å². The molecule has 0 bridgehead atoms. The summed E-state index contributed by atoms with van der Waals surface area (Å²) >= 11 is 0. The number of benzene rings is 2. The van der Waals surface area contributed by atoms with Crippen LogP contribution in [0.2, 0.25) is 0 Å². The molecule has 0 saturated heterocycles. The number of aromatic hydroxyl groups is 1. The topological polar surface area (TPSA) is 62.0 Å². The summed E-state index contributed by atoms with van der Waals surface area (Å²) < 4.78 is 5.46. The standard InChI is InChI=1S/C19H23NO3/c1-2-10-23-18-9-8-16(19(22)12-18)13-20-14-17(21)11-15-6-4-3-5-7-15/h3-9,12-13,17,21-22H,2,10-11,14H2,1H3. The highest BCUT2D eigenvalue weighted by Gasteiger charge is 2.05. The quantitative estimate of drug-likeness (QED) is 0.736. The first kappa shape index (κ1) is 17.0. The molecule has 0 saturated carbocycles. The third kappa shape index (κ3) is 5.75. The predicted octanol–water partition coefficient (Wildman–Crippen LogP) is 3.20. The molecule has 2 rings (SSSR count). The molecule has 0 amide bonds. The number of aliphatic hydroxyl groups is 1. The molecular weight excluding hydrogens is 290 g/mol. The fraction of sp³-hybridized carbons (Fsp3) is 0.316. The molecule has 0 aliphatic rings. The van der Waals surface area contributed by atoms with Gasteiger partial charge in [0.25, 0.3) is 0 Å². The highest BCUT2D eigenvalue weighted by atomic mass is 16.5. The van der Waals surface area contributed by atoms with Gasteiger partial charge in [0, 0.05) is 24.3 Å². The molecule has 122 valence electrons. The first-order valence-corrected chi connectivity index (χ1v) is 7.86. The van der Waals surface area contributed by atoms with Gasteiger partial charge in [0.05, 0.1) is 19.3 Å². The van der Waals surface area contributed by atoms with E-state index in [-0.39, 0.29) is 5.75 Å². The summed E-state index contributed by atoms with van der Waals surface area (Å²) in [6, 6.07) is 14.9. The highest BCUT2D eigenvalue weighted by Crippen LogP contribution is 2.22. The lowest BCUT2D eigenvalue weighted by Gasteiger charge is -2.08. The SMILES string of the molecule is CCCOc1ccc(C=NCC(O)Cc2ccccc2)c(O)c1. The molecule has 2 N–H and O–H groups in total. The van der Waals surface area contributed by atoms with Crippen molar-refractivity contribution in [1.29, 1.82) is 0 Å². The fourth-order valence-electron chi connectivity index (χ4n) is 2.17. The number of rotatable bonds is 8. The zero-order valence-electron chi connectivity index (χ0n) is 13.4. The van der Waals surface area contributed by atoms with Crippen LogP contribution >= 0.6 is 0 Å². The zero-order chi connectivity index (χ0) is 16.5. The van der Waals surface area contributed by atoms with Gasteiger partial charge in [0.2, 0.25) is 0 Å². The summed E-state index contributed by atoms with van der Waals surface area (Å²) in [5, 5.41) is 20.0. The number of ether oxygens (including phenoxy) is 1. The van der Waals surface area contributed by atoms with E-state index >= 15 is 0 Å². The Balaban J connectivity index is 1.87. The number of hydrogen-bond donors (Lipinski definition) is 2. The molecule has 0 aliphatic carbocycles. The number of hydrogen-bond acceptors (Lipinski definition) is 4. The fourth-order valence-corrected chi connectivity index (χ4v) is 2.17. The smallest absolute Gasteiger partial charge is 0.128 e. The van der Waals surface area contributed by atoms with E-state index in [0.29, 0.717) is 30.9 Å². The third-order valence-corrected chi connectivity index (χ3v) is 3.34. The summed E-state index contributed by atoms with van der Waals surface area (Å²) in [7, 11) is 0. The Morgan fingerprint density at radius 1 is 1.17 bits per heavy atom. The zero-order valence-corrected chi connectivity index (χ0v) is 13.4. The Hall–Kier alpha value is -2.33. The molecule has 0 radical (unpaired) electrons. The maximum Gasteiger partial charge on any atom is 0.128 e. The second-order valence-electron chi connectivity index (χ2n) is 5.41. The summed E-state index contributed by atoms with van der Waals surface area (Å²) in [6.07, 6.45) is 2.52. The van der Waals surface area contributed by atoms with Gasteiger partial charge in [-0.1, -0.05) is 37.3 Å². The largest absolute Gasteiger partial charge is 0.507 e. The second-order valence-corrected chi connectivity index (χ2v) is 5.41. The summed E-state index contributed by atoms with van der Waals surface area (Å²) in [5.41, 5.74) is 1.69. The second kappa shape index (κ2) is 8.96. The van der Waals surface area contributed by atoms with Gasteiger partial charge in [-0.15, -0.1) is 0 Å². The monoisotopic (exact) mass is 313 g/mol. The molecule has 2 aromatic carbocycles. The van der Waals surface area contributed by atoms with E-state index in [9.17, 15) is 10.2 Å². The number of phenols is 1. The molecule has 4 heteroatoms. The molecule has 1 unspecified atom stereocenters. The molecule has 1 atom stereocenters. The van der Waals surface area contributed by atoms with Gasteiger partial charge in [0.15, 0.2) is 0 Å². The van der Waals surface area contributed by atoms with Gasteiger partial charge in [-0.25, -0.2) is 0 Å². The Labute approximate surface area is 137 Å². The van der Waals surface area contributed by atoms with Gasteiger partial charge >= 0.3 is 0 Å². The normalized spacial score (nSPS) is 12.4. The van der Waals surface area contributed by atoms with Crippen molar-refractivity contribution in [2.45, 2.75) is 25.9 Å². The average Bonchev–Trinajstić information content (AvgIpc) is 2.55. The number of nitrogens with zero attached hydrogens (tertiary/aromatic N) is 1. The molecular formula is C19H23NO3. The summed E-state index contributed by atoms with van der Waals surface area (Å²) in [6.45, 7) is 2.95. The van der Waals surface area contributed by atoms with Crippen molar-refractivity contribution < 1.29 is 14.9 Å². The van der Waals surface area contributed by atoms with Crippen LogP contribution in [-0.2, 0) is 6.42 Å². The molecule has 0 fully saturated rings. The Kier molecular flexibility index (Phi) is 6.63. The van der Waals surface area contributed by atoms with Crippen LogP contribution in [0.15, 0.2) is 53.5 Å². The van der Waals surface area contributed by atoms with E-state index in [1.54, 1.807) is 24.4 Å². The maximum absolute atomic E-state index is 9.99. The first-order chi connectivity index (χ1) is 11.2. The van der Waals surface area contributed by atoms with Crippen LogP contribution in [0.1, 0.15) is 24.5 Å². The summed E-state index contributed by atoms with van der Waals surface area (Å²) in [5.74, 6) is 0.769. The predicted molar refractivity (Wildman–Crippen MR) is 92.5 cm³/mol. The van der Waals surface area contributed by atoms with Crippen LogP contribution in [0.4, 0.5) is 0 Å². The van der Waals surface area contributed by atoms with Crippen LogP contribution < -0.4 is 4.74 Å². The molecule has 4 nitrogen and oxygen atoms in total. The van der Waals surface area contributed by atoms with Gasteiger partial charge < -0.3 is 14.9 Å². The minimum atomic E-state index is -0.539. The van der Waals surface area contributed by atoms with Crippen molar-refractivity contribution in [3.63, 3.8) is 0 Å². The van der Waals surface area contributed by atoms with Crippen molar-refractivity contribution in [3.05, 3.63) is 59.7 Å². The van der Waals surface area contributed by atoms with Crippen molar-refractivity contribution in [1.82, 2.24) is 0 Å². The van der Waals surface area contributed by atoms with Crippen LogP contribution in [0.25, 0.3) is 0 Å². The number of aliphatic imine (C=N–C) groups is 1. The van der Waals surface area contributed by atoms with E-state index < -0.39 is 6.10 Å². The Morgan fingerprint density at radius 2 is 1.96 bits per heavy atom. The van der Waals surface area contributed by atoms with E-state index in [1.165, 1.54) is 0 Å². The average molecular weight is 313 g/mol. The molecule has 0 spiro atoms. The van der Waals surface area contributed by atoms with Gasteiger partial charge in [-0.3, -0.25) is 4.99 Å². The van der Waals surface area contributed by atoms with Crippen molar-refractivity contribution >= 4 is 6.21 Å². The highest BCUT2D eigenvalue weighted by molar-refractivity contribution is 5.83. The molecule has 2 aromatic rings. The van der Waals surface area contributed by atoms with Crippen molar-refractivity contribution in [2.24, 2.45) is 4.99 Å². The van der Waals surface area contributed by atoms with E-state index in [1.807, 2.05) is 37.3 Å². The van der Waals surface area contributed by atoms with Crippen molar-refractivity contribution in [3.8, 4) is 11.5 Å². The van der Waals surface area contributed by atoms with E-state index in [4.69, 9.17) is 4.74 Å². The lowest BCUT2D eigenvalue weighted by Crippen LogP contribution is -2.14. The Bertz CT molecular complexity index is 626. The molecule has 23 heavy (non-hydrogen) atoms.